The highest BCUT2D eigenvalue weighted by Gasteiger charge is 2.16. The molecule has 17 heavy (non-hydrogen) atoms. The number of hydrogen-bond acceptors (Lipinski definition) is 2. The first-order valence-corrected chi connectivity index (χ1v) is 5.97. The van der Waals surface area contributed by atoms with Crippen LogP contribution < -0.4 is 10.6 Å². The molecule has 0 aliphatic heterocycles. The van der Waals surface area contributed by atoms with Gasteiger partial charge in [0, 0.05) is 19.0 Å². The summed E-state index contributed by atoms with van der Waals surface area (Å²) < 4.78 is 0. The largest absolute Gasteiger partial charge is 0.481 e. The van der Waals surface area contributed by atoms with Gasteiger partial charge < -0.3 is 15.7 Å². The summed E-state index contributed by atoms with van der Waals surface area (Å²) in [7, 11) is 0. The Bertz CT molecular complexity index is 259. The quantitative estimate of drug-likeness (QED) is 0.625. The standard InChI is InChI=1S/C12H24N2O3/c1-9(8-12(2,3)4)14-11(17)13-7-5-6-10(15)16/h9H,5-8H2,1-4H3,(H,15,16)(H2,13,14,17). The summed E-state index contributed by atoms with van der Waals surface area (Å²) in [5.74, 6) is -0.840. The third-order valence-corrected chi connectivity index (χ3v) is 2.15. The summed E-state index contributed by atoms with van der Waals surface area (Å²) in [6.07, 6.45) is 1.43. The minimum Gasteiger partial charge on any atom is -0.481 e. The van der Waals surface area contributed by atoms with Crippen molar-refractivity contribution in [1.82, 2.24) is 10.6 Å². The van der Waals surface area contributed by atoms with Crippen LogP contribution in [0.5, 0.6) is 0 Å². The van der Waals surface area contributed by atoms with Gasteiger partial charge in [0.05, 0.1) is 0 Å². The first-order valence-electron chi connectivity index (χ1n) is 5.97. The lowest BCUT2D eigenvalue weighted by atomic mass is 9.89. The molecule has 0 saturated heterocycles. The van der Waals surface area contributed by atoms with E-state index in [0.29, 0.717) is 13.0 Å². The Hall–Kier alpha value is -1.26. The van der Waals surface area contributed by atoms with E-state index in [-0.39, 0.29) is 23.9 Å². The smallest absolute Gasteiger partial charge is 0.314 e. The second-order valence-electron chi connectivity index (χ2n) is 5.56. The Morgan fingerprint density at radius 2 is 1.88 bits per heavy atom. The lowest BCUT2D eigenvalue weighted by molar-refractivity contribution is -0.137. The van der Waals surface area contributed by atoms with Crippen LogP contribution in [-0.2, 0) is 4.79 Å². The second-order valence-corrected chi connectivity index (χ2v) is 5.56. The van der Waals surface area contributed by atoms with Gasteiger partial charge >= 0.3 is 12.0 Å². The maximum Gasteiger partial charge on any atom is 0.314 e. The summed E-state index contributed by atoms with van der Waals surface area (Å²) in [4.78, 5) is 21.7. The van der Waals surface area contributed by atoms with E-state index in [1.165, 1.54) is 0 Å². The number of amides is 2. The third kappa shape index (κ3) is 11.0. The predicted molar refractivity (Wildman–Crippen MR) is 66.9 cm³/mol. The van der Waals surface area contributed by atoms with Crippen molar-refractivity contribution in [3.05, 3.63) is 0 Å². The fourth-order valence-corrected chi connectivity index (χ4v) is 1.69. The van der Waals surface area contributed by atoms with Gasteiger partial charge in [-0.3, -0.25) is 4.79 Å². The van der Waals surface area contributed by atoms with E-state index in [0.717, 1.165) is 6.42 Å². The van der Waals surface area contributed by atoms with Crippen LogP contribution in [0.1, 0.15) is 47.0 Å². The van der Waals surface area contributed by atoms with E-state index in [1.807, 2.05) is 6.92 Å². The molecule has 0 fully saturated rings. The van der Waals surface area contributed by atoms with E-state index in [2.05, 4.69) is 31.4 Å². The molecule has 0 bridgehead atoms. The number of carboxylic acid groups (broad SMARTS) is 1. The molecular formula is C12H24N2O3. The molecule has 0 rings (SSSR count). The van der Waals surface area contributed by atoms with Crippen molar-refractivity contribution in [2.45, 2.75) is 53.0 Å². The fraction of sp³-hybridized carbons (Fsp3) is 0.833. The Morgan fingerprint density at radius 3 is 2.35 bits per heavy atom. The first kappa shape index (κ1) is 15.7. The Balaban J connectivity index is 3.68. The van der Waals surface area contributed by atoms with Crippen LogP contribution >= 0.6 is 0 Å². The van der Waals surface area contributed by atoms with Crippen molar-refractivity contribution in [3.63, 3.8) is 0 Å². The SMILES string of the molecule is CC(CC(C)(C)C)NC(=O)NCCCC(=O)O. The van der Waals surface area contributed by atoms with Crippen molar-refractivity contribution in [2.24, 2.45) is 5.41 Å². The number of carbonyl (C=O) groups excluding carboxylic acids is 1. The molecule has 0 aromatic carbocycles. The number of aliphatic carboxylic acids is 1. The Labute approximate surface area is 103 Å². The van der Waals surface area contributed by atoms with Gasteiger partial charge in [-0.25, -0.2) is 4.79 Å². The van der Waals surface area contributed by atoms with Gasteiger partial charge in [0.2, 0.25) is 0 Å². The number of carbonyl (C=O) groups is 2. The topological polar surface area (TPSA) is 78.4 Å². The normalized spacial score (nSPS) is 12.9. The monoisotopic (exact) mass is 244 g/mol. The molecule has 0 heterocycles. The molecule has 5 nitrogen and oxygen atoms in total. The van der Waals surface area contributed by atoms with Crippen LogP contribution in [0.2, 0.25) is 0 Å². The second kappa shape index (κ2) is 7.14. The van der Waals surface area contributed by atoms with Crippen LogP contribution in [0, 0.1) is 5.41 Å². The highest BCUT2D eigenvalue weighted by atomic mass is 16.4. The lowest BCUT2D eigenvalue weighted by Crippen LogP contribution is -2.42. The lowest BCUT2D eigenvalue weighted by Gasteiger charge is -2.24. The number of rotatable bonds is 6. The Kier molecular flexibility index (Phi) is 6.61. The predicted octanol–water partition coefficient (Wildman–Crippen LogP) is 1.98. The van der Waals surface area contributed by atoms with E-state index >= 15 is 0 Å². The summed E-state index contributed by atoms with van der Waals surface area (Å²) in [6, 6.07) is -0.124. The van der Waals surface area contributed by atoms with E-state index in [1.54, 1.807) is 0 Å². The molecule has 2 amide bonds. The highest BCUT2D eigenvalue weighted by molar-refractivity contribution is 5.74. The van der Waals surface area contributed by atoms with Gasteiger partial charge in [-0.15, -0.1) is 0 Å². The molecule has 1 unspecified atom stereocenters. The summed E-state index contributed by atoms with van der Waals surface area (Å²) >= 11 is 0. The molecule has 0 spiro atoms. The molecule has 0 aromatic heterocycles. The molecule has 0 aromatic rings. The minimum absolute atomic E-state index is 0.0812. The number of urea groups is 1. The van der Waals surface area contributed by atoms with Crippen molar-refractivity contribution in [3.8, 4) is 0 Å². The maximum absolute atomic E-state index is 11.4. The fourth-order valence-electron chi connectivity index (χ4n) is 1.69. The molecule has 3 N–H and O–H groups in total. The van der Waals surface area contributed by atoms with Crippen molar-refractivity contribution in [2.75, 3.05) is 6.54 Å². The van der Waals surface area contributed by atoms with Gasteiger partial charge in [-0.1, -0.05) is 20.8 Å². The van der Waals surface area contributed by atoms with Crippen LogP contribution in [0.3, 0.4) is 0 Å². The molecule has 5 heteroatoms. The van der Waals surface area contributed by atoms with Gasteiger partial charge in [0.15, 0.2) is 0 Å². The van der Waals surface area contributed by atoms with Crippen molar-refractivity contribution >= 4 is 12.0 Å². The molecular weight excluding hydrogens is 220 g/mol. The van der Waals surface area contributed by atoms with Gasteiger partial charge in [-0.05, 0) is 25.2 Å². The number of hydrogen-bond donors (Lipinski definition) is 3. The first-order chi connectivity index (χ1) is 7.70. The zero-order valence-electron chi connectivity index (χ0n) is 11.2. The molecule has 0 aliphatic carbocycles. The Morgan fingerprint density at radius 1 is 1.29 bits per heavy atom. The molecule has 1 atom stereocenters. The zero-order chi connectivity index (χ0) is 13.5. The third-order valence-electron chi connectivity index (χ3n) is 2.15. The van der Waals surface area contributed by atoms with Crippen LogP contribution in [0.15, 0.2) is 0 Å². The van der Waals surface area contributed by atoms with E-state index in [4.69, 9.17) is 5.11 Å². The van der Waals surface area contributed by atoms with E-state index in [9.17, 15) is 9.59 Å². The van der Waals surface area contributed by atoms with E-state index < -0.39 is 5.97 Å². The zero-order valence-corrected chi connectivity index (χ0v) is 11.2. The number of nitrogens with one attached hydrogen (secondary N) is 2. The van der Waals surface area contributed by atoms with Gasteiger partial charge in [0.1, 0.15) is 0 Å². The molecule has 0 radical (unpaired) electrons. The summed E-state index contributed by atoms with van der Waals surface area (Å²) in [5.41, 5.74) is 0.177. The van der Waals surface area contributed by atoms with Gasteiger partial charge in [0.25, 0.3) is 0 Å². The highest BCUT2D eigenvalue weighted by Crippen LogP contribution is 2.20. The average molecular weight is 244 g/mol. The van der Waals surface area contributed by atoms with Gasteiger partial charge in [-0.2, -0.15) is 0 Å². The number of carboxylic acids is 1. The average Bonchev–Trinajstić information content (AvgIpc) is 2.08. The molecule has 0 aliphatic rings. The summed E-state index contributed by atoms with van der Waals surface area (Å²) in [6.45, 7) is 8.71. The molecule has 0 saturated carbocycles. The van der Waals surface area contributed by atoms with Crippen LogP contribution in [-0.4, -0.2) is 29.7 Å². The van der Waals surface area contributed by atoms with Crippen LogP contribution in [0.25, 0.3) is 0 Å². The maximum atomic E-state index is 11.4. The van der Waals surface area contributed by atoms with Crippen LogP contribution in [0.4, 0.5) is 4.79 Å². The van der Waals surface area contributed by atoms with Crippen molar-refractivity contribution < 1.29 is 14.7 Å². The summed E-state index contributed by atoms with van der Waals surface area (Å²) in [5, 5.41) is 13.9. The minimum atomic E-state index is -0.840. The molecule has 100 valence electrons. The van der Waals surface area contributed by atoms with Crippen molar-refractivity contribution in [1.29, 1.82) is 0 Å².